The Morgan fingerprint density at radius 2 is 1.95 bits per heavy atom. The van der Waals surface area contributed by atoms with Crippen molar-refractivity contribution in [2.75, 3.05) is 0 Å². The van der Waals surface area contributed by atoms with Crippen LogP contribution < -0.4 is 4.72 Å². The van der Waals surface area contributed by atoms with Gasteiger partial charge in [0, 0.05) is 11.6 Å². The number of hydrogen-bond acceptors (Lipinski definition) is 5. The molecule has 1 aromatic carbocycles. The molecule has 2 aromatic rings. The van der Waals surface area contributed by atoms with Crippen LogP contribution in [0.1, 0.15) is 35.5 Å². The lowest BCUT2D eigenvalue weighted by atomic mass is 10.2. The van der Waals surface area contributed by atoms with Crippen molar-refractivity contribution in [1.29, 1.82) is 0 Å². The Hall–Kier alpha value is -1.28. The van der Waals surface area contributed by atoms with E-state index >= 15 is 0 Å². The normalized spacial score (nSPS) is 13.2. The van der Waals surface area contributed by atoms with E-state index in [0.717, 1.165) is 10.6 Å². The van der Waals surface area contributed by atoms with E-state index in [1.54, 1.807) is 30.5 Å². The number of benzene rings is 1. The van der Waals surface area contributed by atoms with E-state index < -0.39 is 10.0 Å². The molecule has 2 N–H and O–H groups in total. The highest BCUT2D eigenvalue weighted by molar-refractivity contribution is 7.88. The summed E-state index contributed by atoms with van der Waals surface area (Å²) in [6, 6.07) is 6.60. The van der Waals surface area contributed by atoms with Gasteiger partial charge in [-0.2, -0.15) is 0 Å². The highest BCUT2D eigenvalue weighted by Gasteiger charge is 2.20. The summed E-state index contributed by atoms with van der Waals surface area (Å²) in [4.78, 5) is 4.17. The topological polar surface area (TPSA) is 79.3 Å². The van der Waals surface area contributed by atoms with Crippen LogP contribution in [0, 0.1) is 0 Å². The molecule has 5 nitrogen and oxygen atoms in total. The molecule has 0 fully saturated rings. The number of thiazole rings is 1. The van der Waals surface area contributed by atoms with Gasteiger partial charge in [0.25, 0.3) is 0 Å². The lowest BCUT2D eigenvalue weighted by Crippen LogP contribution is -2.29. The van der Waals surface area contributed by atoms with Gasteiger partial charge in [0.15, 0.2) is 0 Å². The fourth-order valence-electron chi connectivity index (χ4n) is 1.93. The summed E-state index contributed by atoms with van der Waals surface area (Å²) >= 11 is 1.44. The maximum Gasteiger partial charge on any atom is 0.216 e. The van der Waals surface area contributed by atoms with Crippen molar-refractivity contribution in [3.05, 3.63) is 52.0 Å². The summed E-state index contributed by atoms with van der Waals surface area (Å²) < 4.78 is 27.2. The third-order valence-corrected chi connectivity index (χ3v) is 5.29. The molecule has 0 aliphatic heterocycles. The zero-order valence-corrected chi connectivity index (χ0v) is 13.3. The lowest BCUT2D eigenvalue weighted by molar-refractivity contribution is 0.282. The number of nitrogens with zero attached hydrogens (tertiary/aromatic N) is 1. The van der Waals surface area contributed by atoms with Gasteiger partial charge in [0.1, 0.15) is 5.01 Å². The Labute approximate surface area is 128 Å². The molecule has 21 heavy (non-hydrogen) atoms. The molecular weight excluding hydrogens is 308 g/mol. The molecule has 2 rings (SSSR count). The van der Waals surface area contributed by atoms with Crippen molar-refractivity contribution in [2.45, 2.75) is 31.7 Å². The fourth-order valence-corrected chi connectivity index (χ4v) is 4.21. The van der Waals surface area contributed by atoms with Gasteiger partial charge in [-0.05, 0) is 17.5 Å². The minimum absolute atomic E-state index is 0.0484. The molecule has 1 unspecified atom stereocenters. The SMILES string of the molecule is CCC(NS(=O)(=O)Cc1ccc(CO)cc1)c1nccs1. The van der Waals surface area contributed by atoms with Crippen LogP contribution in [0.25, 0.3) is 0 Å². The summed E-state index contributed by atoms with van der Waals surface area (Å²) in [7, 11) is -3.44. The monoisotopic (exact) mass is 326 g/mol. The van der Waals surface area contributed by atoms with Gasteiger partial charge in [-0.25, -0.2) is 18.1 Å². The van der Waals surface area contributed by atoms with Crippen LogP contribution in [0.4, 0.5) is 0 Å². The number of nitrogens with one attached hydrogen (secondary N) is 1. The molecule has 0 aliphatic carbocycles. The van der Waals surface area contributed by atoms with E-state index in [1.165, 1.54) is 11.3 Å². The molecule has 1 heterocycles. The van der Waals surface area contributed by atoms with Crippen molar-refractivity contribution < 1.29 is 13.5 Å². The van der Waals surface area contributed by atoms with Crippen LogP contribution in [0.15, 0.2) is 35.8 Å². The van der Waals surface area contributed by atoms with Crippen molar-refractivity contribution in [3.8, 4) is 0 Å². The predicted molar refractivity (Wildman–Crippen MR) is 83.3 cm³/mol. The minimum Gasteiger partial charge on any atom is -0.392 e. The smallest absolute Gasteiger partial charge is 0.216 e. The molecule has 0 saturated heterocycles. The van der Waals surface area contributed by atoms with Gasteiger partial charge in [-0.3, -0.25) is 0 Å². The zero-order chi connectivity index (χ0) is 15.3. The number of aromatic nitrogens is 1. The van der Waals surface area contributed by atoms with Gasteiger partial charge >= 0.3 is 0 Å². The van der Waals surface area contributed by atoms with E-state index in [-0.39, 0.29) is 18.4 Å². The van der Waals surface area contributed by atoms with Crippen LogP contribution in [-0.4, -0.2) is 18.5 Å². The minimum atomic E-state index is -3.44. The first-order valence-corrected chi connectivity index (χ1v) is 9.15. The summed E-state index contributed by atoms with van der Waals surface area (Å²) in [5.41, 5.74) is 1.45. The van der Waals surface area contributed by atoms with Crippen LogP contribution >= 0.6 is 11.3 Å². The molecule has 0 spiro atoms. The second-order valence-electron chi connectivity index (χ2n) is 4.68. The van der Waals surface area contributed by atoms with E-state index in [1.807, 2.05) is 12.3 Å². The summed E-state index contributed by atoms with van der Waals surface area (Å²) in [5, 5.41) is 11.6. The van der Waals surface area contributed by atoms with E-state index in [4.69, 9.17) is 5.11 Å². The molecule has 0 amide bonds. The molecule has 0 bridgehead atoms. The largest absolute Gasteiger partial charge is 0.392 e. The Balaban J connectivity index is 2.06. The second kappa shape index (κ2) is 7.13. The van der Waals surface area contributed by atoms with Gasteiger partial charge < -0.3 is 5.11 Å². The van der Waals surface area contributed by atoms with Crippen molar-refractivity contribution >= 4 is 21.4 Å². The lowest BCUT2D eigenvalue weighted by Gasteiger charge is -2.14. The average molecular weight is 326 g/mol. The number of rotatable bonds is 7. The third-order valence-electron chi connectivity index (χ3n) is 3.04. The number of aliphatic hydroxyl groups is 1. The average Bonchev–Trinajstić information content (AvgIpc) is 2.99. The summed E-state index contributed by atoms with van der Waals surface area (Å²) in [6.45, 7) is 1.87. The molecule has 0 aliphatic rings. The Kier molecular flexibility index (Phi) is 5.46. The molecular formula is C14H18N2O3S2. The maximum absolute atomic E-state index is 12.2. The first-order chi connectivity index (χ1) is 10.0. The van der Waals surface area contributed by atoms with Crippen LogP contribution in [0.3, 0.4) is 0 Å². The van der Waals surface area contributed by atoms with E-state index in [2.05, 4.69) is 9.71 Å². The standard InChI is InChI=1S/C14H18N2O3S2/c1-2-13(14-15-7-8-20-14)16-21(18,19)10-12-5-3-11(9-17)4-6-12/h3-8,13,16-17H,2,9-10H2,1H3. The quantitative estimate of drug-likeness (QED) is 0.817. The van der Waals surface area contributed by atoms with E-state index in [0.29, 0.717) is 12.0 Å². The van der Waals surface area contributed by atoms with Gasteiger partial charge in [0.2, 0.25) is 10.0 Å². The summed E-state index contributed by atoms with van der Waals surface area (Å²) in [6.07, 6.45) is 2.32. The molecule has 7 heteroatoms. The number of aliphatic hydroxyl groups excluding tert-OH is 1. The van der Waals surface area contributed by atoms with Crippen LogP contribution in [0.5, 0.6) is 0 Å². The molecule has 0 radical (unpaired) electrons. The molecule has 0 saturated carbocycles. The van der Waals surface area contributed by atoms with Crippen LogP contribution in [-0.2, 0) is 22.4 Å². The maximum atomic E-state index is 12.2. The zero-order valence-electron chi connectivity index (χ0n) is 11.7. The second-order valence-corrected chi connectivity index (χ2v) is 7.36. The molecule has 114 valence electrons. The van der Waals surface area contributed by atoms with Crippen molar-refractivity contribution in [1.82, 2.24) is 9.71 Å². The van der Waals surface area contributed by atoms with Crippen molar-refractivity contribution in [2.24, 2.45) is 0 Å². The first kappa shape index (κ1) is 16.1. The summed E-state index contributed by atoms with van der Waals surface area (Å²) in [5.74, 6) is -0.0828. The fraction of sp³-hybridized carbons (Fsp3) is 0.357. The highest BCUT2D eigenvalue weighted by atomic mass is 32.2. The molecule has 1 atom stereocenters. The highest BCUT2D eigenvalue weighted by Crippen LogP contribution is 2.20. The Morgan fingerprint density at radius 3 is 2.48 bits per heavy atom. The number of hydrogen-bond donors (Lipinski definition) is 2. The van der Waals surface area contributed by atoms with Crippen molar-refractivity contribution in [3.63, 3.8) is 0 Å². The predicted octanol–water partition coefficient (Wildman–Crippen LogP) is 2.21. The van der Waals surface area contributed by atoms with Gasteiger partial charge in [-0.1, -0.05) is 31.2 Å². The van der Waals surface area contributed by atoms with Gasteiger partial charge in [0.05, 0.1) is 18.4 Å². The van der Waals surface area contributed by atoms with E-state index in [9.17, 15) is 8.42 Å². The Morgan fingerprint density at radius 1 is 1.29 bits per heavy atom. The Bertz CT molecular complexity index is 652. The first-order valence-electron chi connectivity index (χ1n) is 6.62. The number of sulfonamides is 1. The van der Waals surface area contributed by atoms with Gasteiger partial charge in [-0.15, -0.1) is 11.3 Å². The third kappa shape index (κ3) is 4.60. The van der Waals surface area contributed by atoms with Crippen LogP contribution in [0.2, 0.25) is 0 Å². The molecule has 1 aromatic heterocycles.